The van der Waals surface area contributed by atoms with Crippen molar-refractivity contribution in [2.75, 3.05) is 19.7 Å². The van der Waals surface area contributed by atoms with E-state index in [1.54, 1.807) is 17.0 Å². The number of nitrogens with zero attached hydrogens (tertiary/aromatic N) is 1. The first-order valence-corrected chi connectivity index (χ1v) is 9.68. The van der Waals surface area contributed by atoms with Gasteiger partial charge in [-0.15, -0.1) is 0 Å². The minimum absolute atomic E-state index is 0.185. The van der Waals surface area contributed by atoms with Crippen LogP contribution in [0.4, 0.5) is 4.79 Å². The second-order valence-electron chi connectivity index (χ2n) is 6.83. The molecule has 3 aromatic rings. The first-order chi connectivity index (χ1) is 14.3. The molecule has 5 heteroatoms. The van der Waals surface area contributed by atoms with Gasteiger partial charge in [-0.2, -0.15) is 0 Å². The van der Waals surface area contributed by atoms with Crippen molar-refractivity contribution in [1.29, 1.82) is 0 Å². The van der Waals surface area contributed by atoms with Crippen LogP contribution in [0.1, 0.15) is 17.2 Å². The van der Waals surface area contributed by atoms with E-state index < -0.39 is 0 Å². The average Bonchev–Trinajstić information content (AvgIpc) is 2.79. The van der Waals surface area contributed by atoms with Gasteiger partial charge in [0.2, 0.25) is 0 Å². The molecule has 0 bridgehead atoms. The molecule has 0 spiro atoms. The number of amides is 1. The molecule has 5 nitrogen and oxygen atoms in total. The Morgan fingerprint density at radius 2 is 1.59 bits per heavy atom. The maximum Gasteiger partial charge on any atom is 0.415 e. The van der Waals surface area contributed by atoms with Crippen molar-refractivity contribution >= 4 is 6.09 Å². The predicted molar refractivity (Wildman–Crippen MR) is 110 cm³/mol. The third-order valence-corrected chi connectivity index (χ3v) is 4.77. The van der Waals surface area contributed by atoms with Gasteiger partial charge in [0, 0.05) is 6.54 Å². The van der Waals surface area contributed by atoms with Gasteiger partial charge < -0.3 is 19.1 Å². The molecule has 0 aromatic heterocycles. The molecule has 1 amide bonds. The van der Waals surface area contributed by atoms with Crippen LogP contribution in [0.15, 0.2) is 84.9 Å². The summed E-state index contributed by atoms with van der Waals surface area (Å²) in [5, 5.41) is 0. The molecule has 148 valence electrons. The van der Waals surface area contributed by atoms with Gasteiger partial charge >= 0.3 is 6.09 Å². The minimum Gasteiger partial charge on any atom is -0.489 e. The minimum atomic E-state index is -0.354. The Bertz CT molecular complexity index is 913. The van der Waals surface area contributed by atoms with E-state index in [-0.39, 0.29) is 12.2 Å². The summed E-state index contributed by atoms with van der Waals surface area (Å²) in [5.74, 6) is 1.34. The Balaban J connectivity index is 1.33. The van der Waals surface area contributed by atoms with E-state index in [0.29, 0.717) is 32.1 Å². The van der Waals surface area contributed by atoms with Crippen molar-refractivity contribution in [2.24, 2.45) is 0 Å². The van der Waals surface area contributed by atoms with E-state index in [9.17, 15) is 4.79 Å². The van der Waals surface area contributed by atoms with Crippen LogP contribution in [0.2, 0.25) is 0 Å². The Labute approximate surface area is 170 Å². The number of ether oxygens (including phenoxy) is 3. The molecule has 0 saturated carbocycles. The quantitative estimate of drug-likeness (QED) is 0.627. The maximum absolute atomic E-state index is 12.4. The van der Waals surface area contributed by atoms with Gasteiger partial charge in [-0.05, 0) is 35.4 Å². The highest BCUT2D eigenvalue weighted by Gasteiger charge is 2.26. The fraction of sp³-hybridized carbons (Fsp3) is 0.208. The number of rotatable bonds is 5. The number of para-hydroxylation sites is 1. The van der Waals surface area contributed by atoms with Crippen LogP contribution in [0.5, 0.6) is 11.5 Å². The molecule has 1 heterocycles. The summed E-state index contributed by atoms with van der Waals surface area (Å²) in [7, 11) is 0. The van der Waals surface area contributed by atoms with Crippen molar-refractivity contribution in [2.45, 2.75) is 12.7 Å². The molecule has 0 aliphatic carbocycles. The van der Waals surface area contributed by atoms with Crippen LogP contribution in [-0.4, -0.2) is 30.7 Å². The van der Waals surface area contributed by atoms with Gasteiger partial charge in [0.25, 0.3) is 0 Å². The van der Waals surface area contributed by atoms with Crippen molar-refractivity contribution in [1.82, 2.24) is 4.90 Å². The van der Waals surface area contributed by atoms with Gasteiger partial charge in [0.15, 0.2) is 0 Å². The van der Waals surface area contributed by atoms with Crippen LogP contribution < -0.4 is 9.47 Å². The van der Waals surface area contributed by atoms with Crippen LogP contribution in [0, 0.1) is 0 Å². The molecular formula is C24H23NO4. The molecule has 1 saturated heterocycles. The number of morpholine rings is 1. The maximum atomic E-state index is 12.4. The van der Waals surface area contributed by atoms with Crippen LogP contribution in [0.3, 0.4) is 0 Å². The van der Waals surface area contributed by atoms with E-state index in [0.717, 1.165) is 16.9 Å². The number of carbonyl (C=O) groups is 1. The topological polar surface area (TPSA) is 48.0 Å². The normalized spacial score (nSPS) is 16.3. The Morgan fingerprint density at radius 3 is 2.31 bits per heavy atom. The highest BCUT2D eigenvalue weighted by Crippen LogP contribution is 2.25. The molecule has 1 fully saturated rings. The van der Waals surface area contributed by atoms with Crippen molar-refractivity contribution in [3.63, 3.8) is 0 Å². The zero-order valence-electron chi connectivity index (χ0n) is 16.1. The lowest BCUT2D eigenvalue weighted by molar-refractivity contribution is -0.0218. The summed E-state index contributed by atoms with van der Waals surface area (Å²) in [6.45, 7) is 1.97. The standard InChI is InChI=1S/C24H23NO4/c26-24(29-22-9-5-2-6-10-22)25-15-16-27-23(17-25)20-11-13-21(14-12-20)28-18-19-7-3-1-4-8-19/h1-14,23H,15-18H2/t23-/m1/s1. The summed E-state index contributed by atoms with van der Waals surface area (Å²) < 4.78 is 17.2. The highest BCUT2D eigenvalue weighted by atomic mass is 16.6. The number of hydrogen-bond donors (Lipinski definition) is 0. The van der Waals surface area contributed by atoms with E-state index in [1.165, 1.54) is 0 Å². The first kappa shape index (κ1) is 19.0. The second kappa shape index (κ2) is 9.26. The molecule has 1 aliphatic heterocycles. The van der Waals surface area contributed by atoms with Gasteiger partial charge in [0.1, 0.15) is 24.2 Å². The number of carbonyl (C=O) groups excluding carboxylic acids is 1. The van der Waals surface area contributed by atoms with E-state index >= 15 is 0 Å². The zero-order valence-corrected chi connectivity index (χ0v) is 16.1. The fourth-order valence-electron chi connectivity index (χ4n) is 3.19. The lowest BCUT2D eigenvalue weighted by Crippen LogP contribution is -2.43. The van der Waals surface area contributed by atoms with Crippen molar-refractivity contribution < 1.29 is 19.0 Å². The largest absolute Gasteiger partial charge is 0.489 e. The molecule has 0 radical (unpaired) electrons. The smallest absolute Gasteiger partial charge is 0.415 e. The van der Waals surface area contributed by atoms with Crippen molar-refractivity contribution in [3.8, 4) is 11.5 Å². The van der Waals surface area contributed by atoms with Gasteiger partial charge in [-0.25, -0.2) is 4.79 Å². The molecule has 0 unspecified atom stereocenters. The van der Waals surface area contributed by atoms with Gasteiger partial charge in [-0.3, -0.25) is 0 Å². The molecule has 4 rings (SSSR count). The zero-order chi connectivity index (χ0) is 19.9. The van der Waals surface area contributed by atoms with E-state index in [4.69, 9.17) is 14.2 Å². The number of hydrogen-bond acceptors (Lipinski definition) is 4. The van der Waals surface area contributed by atoms with Crippen LogP contribution in [0.25, 0.3) is 0 Å². The highest BCUT2D eigenvalue weighted by molar-refractivity contribution is 5.70. The molecule has 1 aliphatic rings. The molecule has 0 N–H and O–H groups in total. The molecule has 1 atom stereocenters. The van der Waals surface area contributed by atoms with Gasteiger partial charge in [0.05, 0.1) is 13.2 Å². The monoisotopic (exact) mass is 389 g/mol. The lowest BCUT2D eigenvalue weighted by Gasteiger charge is -2.32. The summed E-state index contributed by atoms with van der Waals surface area (Å²) >= 11 is 0. The Hall–Kier alpha value is -3.31. The third kappa shape index (κ3) is 5.15. The average molecular weight is 389 g/mol. The molecule has 29 heavy (non-hydrogen) atoms. The number of benzene rings is 3. The third-order valence-electron chi connectivity index (χ3n) is 4.77. The van der Waals surface area contributed by atoms with E-state index in [2.05, 4.69) is 0 Å². The molecular weight excluding hydrogens is 366 g/mol. The predicted octanol–water partition coefficient (Wildman–Crippen LogP) is 4.84. The fourth-order valence-corrected chi connectivity index (χ4v) is 3.19. The summed E-state index contributed by atoms with van der Waals surface area (Å²) in [5.41, 5.74) is 2.13. The van der Waals surface area contributed by atoms with Crippen LogP contribution in [-0.2, 0) is 11.3 Å². The lowest BCUT2D eigenvalue weighted by atomic mass is 10.1. The molecule has 3 aromatic carbocycles. The Kier molecular flexibility index (Phi) is 6.07. The second-order valence-corrected chi connectivity index (χ2v) is 6.83. The SMILES string of the molecule is O=C(Oc1ccccc1)N1CCO[C@@H](c2ccc(OCc3ccccc3)cc2)C1. The van der Waals surface area contributed by atoms with Gasteiger partial charge in [-0.1, -0.05) is 60.7 Å². The summed E-state index contributed by atoms with van der Waals surface area (Å²) in [6, 6.07) is 27.0. The Morgan fingerprint density at radius 1 is 0.897 bits per heavy atom. The summed E-state index contributed by atoms with van der Waals surface area (Å²) in [4.78, 5) is 14.1. The van der Waals surface area contributed by atoms with Crippen LogP contribution >= 0.6 is 0 Å². The van der Waals surface area contributed by atoms with E-state index in [1.807, 2.05) is 72.8 Å². The first-order valence-electron chi connectivity index (χ1n) is 9.68. The summed E-state index contributed by atoms with van der Waals surface area (Å²) in [6.07, 6.45) is -0.539. The van der Waals surface area contributed by atoms with Crippen molar-refractivity contribution in [3.05, 3.63) is 96.1 Å².